The highest BCUT2D eigenvalue weighted by Gasteiger charge is 2.15. The van der Waals surface area contributed by atoms with Crippen LogP contribution in [0.2, 0.25) is 0 Å². The summed E-state index contributed by atoms with van der Waals surface area (Å²) in [6.45, 7) is 11.2. The van der Waals surface area contributed by atoms with Crippen molar-refractivity contribution in [3.8, 4) is 0 Å². The summed E-state index contributed by atoms with van der Waals surface area (Å²) >= 11 is 0. The van der Waals surface area contributed by atoms with Crippen LogP contribution in [0.5, 0.6) is 0 Å². The highest BCUT2D eigenvalue weighted by Crippen LogP contribution is 2.22. The molecule has 112 valence electrons. The minimum atomic E-state index is -0.888. The fourth-order valence-corrected chi connectivity index (χ4v) is 3.53. The van der Waals surface area contributed by atoms with Gasteiger partial charge in [0.1, 0.15) is 0 Å². The van der Waals surface area contributed by atoms with Crippen molar-refractivity contribution in [3.63, 3.8) is 0 Å². The van der Waals surface area contributed by atoms with Crippen LogP contribution in [0.1, 0.15) is 44.4 Å². The summed E-state index contributed by atoms with van der Waals surface area (Å²) in [6.07, 6.45) is 2.92. The van der Waals surface area contributed by atoms with E-state index in [1.807, 2.05) is 32.1 Å². The van der Waals surface area contributed by atoms with Crippen LogP contribution in [0.15, 0.2) is 30.8 Å². The lowest BCUT2D eigenvalue weighted by molar-refractivity contribution is -0.0920. The summed E-state index contributed by atoms with van der Waals surface area (Å²) in [7, 11) is -0.888. The Morgan fingerprint density at radius 2 is 1.90 bits per heavy atom. The van der Waals surface area contributed by atoms with E-state index in [9.17, 15) is 0 Å². The van der Waals surface area contributed by atoms with Gasteiger partial charge < -0.3 is 13.9 Å². The van der Waals surface area contributed by atoms with Gasteiger partial charge in [0.25, 0.3) is 0 Å². The molecule has 0 aliphatic heterocycles. The molecule has 1 atom stereocenters. The number of rotatable bonds is 10. The molecular formula is C16H26O3Si. The molecule has 0 heterocycles. The van der Waals surface area contributed by atoms with E-state index in [0.717, 1.165) is 12.0 Å². The van der Waals surface area contributed by atoms with Crippen LogP contribution < -0.4 is 0 Å². The lowest BCUT2D eigenvalue weighted by atomic mass is 10.0. The molecule has 1 aromatic rings. The monoisotopic (exact) mass is 294 g/mol. The molecule has 0 radical (unpaired) electrons. The maximum Gasteiger partial charge on any atom is 0.224 e. The van der Waals surface area contributed by atoms with Gasteiger partial charge in [-0.3, -0.25) is 0 Å². The zero-order valence-corrected chi connectivity index (χ0v) is 14.2. The van der Waals surface area contributed by atoms with Crippen LogP contribution in [0.4, 0.5) is 0 Å². The van der Waals surface area contributed by atoms with Crippen LogP contribution in [-0.4, -0.2) is 28.9 Å². The van der Waals surface area contributed by atoms with Gasteiger partial charge in [-0.05, 0) is 37.5 Å². The van der Waals surface area contributed by atoms with E-state index in [2.05, 4.69) is 25.6 Å². The summed E-state index contributed by atoms with van der Waals surface area (Å²) in [5, 5.41) is 0. The van der Waals surface area contributed by atoms with E-state index in [1.54, 1.807) is 0 Å². The van der Waals surface area contributed by atoms with Gasteiger partial charge in [0.15, 0.2) is 5.91 Å². The van der Waals surface area contributed by atoms with Gasteiger partial charge >= 0.3 is 0 Å². The molecular weight excluding hydrogens is 268 g/mol. The summed E-state index contributed by atoms with van der Waals surface area (Å²) in [5.74, 6) is -0.151. The average Bonchev–Trinajstić information content (AvgIpc) is 2.48. The molecule has 0 aliphatic carbocycles. The summed E-state index contributed by atoms with van der Waals surface area (Å²) in [5.41, 5.74) is 2.32. The number of hydrogen-bond acceptors (Lipinski definition) is 3. The number of hydrogen-bond donors (Lipinski definition) is 0. The van der Waals surface area contributed by atoms with Gasteiger partial charge in [-0.25, -0.2) is 0 Å². The Morgan fingerprint density at radius 3 is 2.45 bits per heavy atom. The van der Waals surface area contributed by atoms with Crippen molar-refractivity contribution in [1.82, 2.24) is 0 Å². The van der Waals surface area contributed by atoms with Crippen molar-refractivity contribution in [2.45, 2.75) is 39.2 Å². The highest BCUT2D eigenvalue weighted by molar-refractivity contribution is 6.28. The molecule has 20 heavy (non-hydrogen) atoms. The van der Waals surface area contributed by atoms with E-state index in [1.165, 1.54) is 5.56 Å². The zero-order chi connectivity index (χ0) is 14.8. The summed E-state index contributed by atoms with van der Waals surface area (Å²) in [6, 6.07) is 8.32. The quantitative estimate of drug-likeness (QED) is 0.490. The van der Waals surface area contributed by atoms with E-state index in [4.69, 9.17) is 13.9 Å². The van der Waals surface area contributed by atoms with Crippen LogP contribution in [0.25, 0.3) is 6.08 Å². The molecule has 0 saturated carbocycles. The van der Waals surface area contributed by atoms with Gasteiger partial charge in [0.2, 0.25) is 9.76 Å². The minimum absolute atomic E-state index is 0.116. The first kappa shape index (κ1) is 17.1. The smallest absolute Gasteiger partial charge is 0.224 e. The molecule has 0 bridgehead atoms. The van der Waals surface area contributed by atoms with Gasteiger partial charge in [0.05, 0.1) is 6.10 Å². The molecule has 1 aromatic carbocycles. The Kier molecular flexibility index (Phi) is 8.45. The molecule has 0 amide bonds. The predicted molar refractivity (Wildman–Crippen MR) is 86.2 cm³/mol. The predicted octanol–water partition coefficient (Wildman–Crippen LogP) is 3.24. The Morgan fingerprint density at radius 1 is 1.20 bits per heavy atom. The molecule has 0 spiro atoms. The Hall–Kier alpha value is -0.943. The normalized spacial score (nSPS) is 13.2. The maximum absolute atomic E-state index is 6.10. The number of ether oxygens (including phenoxy) is 2. The zero-order valence-electron chi connectivity index (χ0n) is 12.8. The van der Waals surface area contributed by atoms with E-state index in [-0.39, 0.29) is 12.0 Å². The third kappa shape index (κ3) is 5.59. The van der Waals surface area contributed by atoms with Gasteiger partial charge in [-0.1, -0.05) is 37.8 Å². The Bertz CT molecular complexity index is 389. The second kappa shape index (κ2) is 9.88. The van der Waals surface area contributed by atoms with Gasteiger partial charge in [0, 0.05) is 13.2 Å². The second-order valence-corrected chi connectivity index (χ2v) is 5.78. The largest absolute Gasteiger partial charge is 0.411 e. The first-order valence-electron chi connectivity index (χ1n) is 7.32. The molecule has 4 heteroatoms. The molecule has 1 rings (SSSR count). The van der Waals surface area contributed by atoms with Crippen LogP contribution >= 0.6 is 0 Å². The molecule has 0 N–H and O–H groups in total. The summed E-state index contributed by atoms with van der Waals surface area (Å²) < 4.78 is 17.2. The SMILES string of the molecule is C=Cc1cccc(C(CC)O[SiH2]C(OCC)OCC)c1. The summed E-state index contributed by atoms with van der Waals surface area (Å²) in [4.78, 5) is 0. The topological polar surface area (TPSA) is 27.7 Å². The van der Waals surface area contributed by atoms with Crippen molar-refractivity contribution in [2.24, 2.45) is 0 Å². The van der Waals surface area contributed by atoms with E-state index < -0.39 is 9.76 Å². The van der Waals surface area contributed by atoms with Crippen LogP contribution in [-0.2, 0) is 13.9 Å². The van der Waals surface area contributed by atoms with E-state index in [0.29, 0.717) is 13.2 Å². The molecule has 0 aliphatic rings. The Balaban J connectivity index is 2.63. The Labute approximate surface area is 124 Å². The number of benzene rings is 1. The van der Waals surface area contributed by atoms with Gasteiger partial charge in [-0.15, -0.1) is 0 Å². The average molecular weight is 294 g/mol. The maximum atomic E-state index is 6.10. The van der Waals surface area contributed by atoms with Gasteiger partial charge in [-0.2, -0.15) is 0 Å². The fourth-order valence-electron chi connectivity index (χ4n) is 2.05. The fraction of sp³-hybridized carbons (Fsp3) is 0.500. The highest BCUT2D eigenvalue weighted by atomic mass is 28.2. The van der Waals surface area contributed by atoms with Crippen LogP contribution in [0, 0.1) is 0 Å². The lowest BCUT2D eigenvalue weighted by Crippen LogP contribution is -2.28. The van der Waals surface area contributed by atoms with Crippen molar-refractivity contribution < 1.29 is 13.9 Å². The first-order chi connectivity index (χ1) is 9.74. The molecule has 3 nitrogen and oxygen atoms in total. The van der Waals surface area contributed by atoms with Crippen molar-refractivity contribution in [1.29, 1.82) is 0 Å². The molecule has 1 unspecified atom stereocenters. The minimum Gasteiger partial charge on any atom is -0.411 e. The first-order valence-corrected chi connectivity index (χ1v) is 8.71. The van der Waals surface area contributed by atoms with Crippen molar-refractivity contribution in [2.75, 3.05) is 13.2 Å². The third-order valence-electron chi connectivity index (χ3n) is 3.03. The molecule has 0 saturated heterocycles. The lowest BCUT2D eigenvalue weighted by Gasteiger charge is -2.22. The standard InChI is InChI=1S/C16H26O3Si/c1-5-13-10-9-11-14(12-13)15(6-2)19-20-16(17-7-3)18-8-4/h5,9-12,15-16H,1,6-8,20H2,2-4H3. The van der Waals surface area contributed by atoms with E-state index >= 15 is 0 Å². The molecule has 0 fully saturated rings. The molecule has 0 aromatic heterocycles. The second-order valence-electron chi connectivity index (χ2n) is 4.44. The third-order valence-corrected chi connectivity index (χ3v) is 4.37. The van der Waals surface area contributed by atoms with Crippen molar-refractivity contribution in [3.05, 3.63) is 42.0 Å². The van der Waals surface area contributed by atoms with Crippen LogP contribution in [0.3, 0.4) is 0 Å². The van der Waals surface area contributed by atoms with Crippen molar-refractivity contribution >= 4 is 15.8 Å².